The van der Waals surface area contributed by atoms with Crippen molar-refractivity contribution in [3.8, 4) is 0 Å². The Labute approximate surface area is 184 Å². The zero-order chi connectivity index (χ0) is 24.3. The van der Waals surface area contributed by atoms with Crippen LogP contribution in [0.5, 0.6) is 0 Å². The molecule has 0 spiro atoms. The maximum Gasteiger partial charge on any atom is 0.326 e. The van der Waals surface area contributed by atoms with Crippen LogP contribution in [-0.2, 0) is 19.2 Å². The Bertz CT molecular complexity index is 611. The Morgan fingerprint density at radius 2 is 1.19 bits per heavy atom. The van der Waals surface area contributed by atoms with E-state index in [0.29, 0.717) is 12.8 Å². The molecule has 0 unspecified atom stereocenters. The standard InChI is InChI=1S/C21H40N4O6/c1-7-13(6)17(22)20(29)23-14(8-11(2)3)18(27)25-16(10-26)19(28)24-15(21(30)31)9-12(4)5/h11-17,26H,7-10,22H2,1-6H3,(H,23,29)(H,24,28)(H,25,27)(H,30,31)/t13-,14-,15-,16-,17-/m0/s1. The number of carbonyl (C=O) groups excluding carboxylic acids is 3. The molecular formula is C21H40N4O6. The highest BCUT2D eigenvalue weighted by Crippen LogP contribution is 2.10. The second kappa shape index (κ2) is 14.0. The van der Waals surface area contributed by atoms with Gasteiger partial charge in [0.05, 0.1) is 12.6 Å². The number of hydrogen-bond donors (Lipinski definition) is 6. The number of amides is 3. The molecule has 0 aliphatic rings. The number of carbonyl (C=O) groups is 4. The molecule has 0 saturated carbocycles. The van der Waals surface area contributed by atoms with Crippen LogP contribution in [0.2, 0.25) is 0 Å². The fourth-order valence-corrected chi connectivity index (χ4v) is 2.91. The van der Waals surface area contributed by atoms with E-state index in [9.17, 15) is 29.4 Å². The van der Waals surface area contributed by atoms with Crippen molar-refractivity contribution < 1.29 is 29.4 Å². The van der Waals surface area contributed by atoms with Gasteiger partial charge in [0, 0.05) is 0 Å². The average molecular weight is 445 g/mol. The lowest BCUT2D eigenvalue weighted by atomic mass is 9.97. The van der Waals surface area contributed by atoms with Crippen molar-refractivity contribution >= 4 is 23.7 Å². The summed E-state index contributed by atoms with van der Waals surface area (Å²) in [4.78, 5) is 49.0. The molecule has 10 heteroatoms. The molecule has 0 bridgehead atoms. The van der Waals surface area contributed by atoms with E-state index < -0.39 is 54.5 Å². The number of carboxylic acid groups (broad SMARTS) is 1. The van der Waals surface area contributed by atoms with Gasteiger partial charge in [0.2, 0.25) is 17.7 Å². The molecule has 0 aromatic heterocycles. The number of rotatable bonds is 14. The summed E-state index contributed by atoms with van der Waals surface area (Å²) in [7, 11) is 0. The summed E-state index contributed by atoms with van der Waals surface area (Å²) in [5, 5.41) is 26.3. The number of nitrogens with one attached hydrogen (secondary N) is 3. The molecule has 31 heavy (non-hydrogen) atoms. The lowest BCUT2D eigenvalue weighted by molar-refractivity contribution is -0.143. The molecule has 10 nitrogen and oxygen atoms in total. The molecule has 5 atom stereocenters. The number of nitrogens with two attached hydrogens (primary N) is 1. The third kappa shape index (κ3) is 10.6. The van der Waals surface area contributed by atoms with Crippen molar-refractivity contribution in [2.24, 2.45) is 23.5 Å². The average Bonchev–Trinajstić information content (AvgIpc) is 2.68. The van der Waals surface area contributed by atoms with Gasteiger partial charge in [0.15, 0.2) is 0 Å². The van der Waals surface area contributed by atoms with Crippen molar-refractivity contribution in [2.75, 3.05) is 6.61 Å². The fourth-order valence-electron chi connectivity index (χ4n) is 2.91. The summed E-state index contributed by atoms with van der Waals surface area (Å²) in [6, 6.07) is -4.22. The molecule has 0 radical (unpaired) electrons. The SMILES string of the molecule is CC[C@H](C)[C@H](N)C(=O)N[C@@H](CC(C)C)C(=O)N[C@@H](CO)C(=O)N[C@@H](CC(C)C)C(=O)O. The maximum atomic E-state index is 12.8. The second-order valence-electron chi connectivity index (χ2n) is 8.87. The number of aliphatic hydroxyl groups excluding tert-OH is 1. The monoisotopic (exact) mass is 444 g/mol. The molecule has 3 amide bonds. The minimum Gasteiger partial charge on any atom is -0.480 e. The summed E-state index contributed by atoms with van der Waals surface area (Å²) < 4.78 is 0. The minimum atomic E-state index is -1.35. The van der Waals surface area contributed by atoms with Gasteiger partial charge in [-0.25, -0.2) is 4.79 Å². The van der Waals surface area contributed by atoms with Gasteiger partial charge in [-0.1, -0.05) is 48.0 Å². The zero-order valence-corrected chi connectivity index (χ0v) is 19.5. The molecule has 0 aromatic carbocycles. The topological polar surface area (TPSA) is 171 Å². The van der Waals surface area contributed by atoms with Crippen LogP contribution in [-0.4, -0.2) is 64.7 Å². The third-order valence-corrected chi connectivity index (χ3v) is 5.04. The Hall–Kier alpha value is -2.20. The highest BCUT2D eigenvalue weighted by Gasteiger charge is 2.31. The first-order chi connectivity index (χ1) is 14.3. The first-order valence-electron chi connectivity index (χ1n) is 10.8. The van der Waals surface area contributed by atoms with E-state index in [1.165, 1.54) is 0 Å². The van der Waals surface area contributed by atoms with Gasteiger partial charge in [0.1, 0.15) is 18.1 Å². The van der Waals surface area contributed by atoms with E-state index in [1.54, 1.807) is 0 Å². The number of carboxylic acids is 1. The van der Waals surface area contributed by atoms with E-state index >= 15 is 0 Å². The van der Waals surface area contributed by atoms with E-state index in [0.717, 1.165) is 0 Å². The van der Waals surface area contributed by atoms with Crippen molar-refractivity contribution in [1.29, 1.82) is 0 Å². The third-order valence-electron chi connectivity index (χ3n) is 5.04. The van der Waals surface area contributed by atoms with Crippen LogP contribution in [0.15, 0.2) is 0 Å². The van der Waals surface area contributed by atoms with Crippen LogP contribution in [0.3, 0.4) is 0 Å². The Kier molecular flexibility index (Phi) is 13.0. The van der Waals surface area contributed by atoms with E-state index in [4.69, 9.17) is 5.73 Å². The predicted molar refractivity (Wildman–Crippen MR) is 117 cm³/mol. The summed E-state index contributed by atoms with van der Waals surface area (Å²) in [5.74, 6) is -3.13. The lowest BCUT2D eigenvalue weighted by Gasteiger charge is -2.26. The molecule has 0 heterocycles. The first-order valence-corrected chi connectivity index (χ1v) is 10.8. The lowest BCUT2D eigenvalue weighted by Crippen LogP contribution is -2.58. The molecular weight excluding hydrogens is 404 g/mol. The van der Waals surface area contributed by atoms with Crippen LogP contribution in [0, 0.1) is 17.8 Å². The molecule has 0 saturated heterocycles. The van der Waals surface area contributed by atoms with Crippen molar-refractivity contribution in [3.63, 3.8) is 0 Å². The minimum absolute atomic E-state index is 0.0175. The normalized spacial score (nSPS) is 16.2. The Morgan fingerprint density at radius 1 is 0.774 bits per heavy atom. The van der Waals surface area contributed by atoms with Crippen LogP contribution in [0.1, 0.15) is 60.8 Å². The van der Waals surface area contributed by atoms with E-state index in [1.807, 2.05) is 41.5 Å². The molecule has 0 aliphatic carbocycles. The Morgan fingerprint density at radius 3 is 1.61 bits per heavy atom. The van der Waals surface area contributed by atoms with Crippen molar-refractivity contribution in [2.45, 2.75) is 85.0 Å². The molecule has 0 fully saturated rings. The van der Waals surface area contributed by atoms with E-state index in [-0.39, 0.29) is 24.2 Å². The van der Waals surface area contributed by atoms with Gasteiger partial charge in [-0.2, -0.15) is 0 Å². The predicted octanol–water partition coefficient (Wildman–Crippen LogP) is -0.0167. The highest BCUT2D eigenvalue weighted by molar-refractivity contribution is 5.94. The number of hydrogen-bond acceptors (Lipinski definition) is 6. The van der Waals surface area contributed by atoms with Gasteiger partial charge in [-0.05, 0) is 30.6 Å². The summed E-state index contributed by atoms with van der Waals surface area (Å²) in [5.41, 5.74) is 5.95. The van der Waals surface area contributed by atoms with E-state index in [2.05, 4.69) is 16.0 Å². The molecule has 0 rings (SSSR count). The van der Waals surface area contributed by atoms with Crippen LogP contribution >= 0.6 is 0 Å². The van der Waals surface area contributed by atoms with Crippen molar-refractivity contribution in [1.82, 2.24) is 16.0 Å². The van der Waals surface area contributed by atoms with Gasteiger partial charge in [-0.15, -0.1) is 0 Å². The van der Waals surface area contributed by atoms with Gasteiger partial charge >= 0.3 is 5.97 Å². The highest BCUT2D eigenvalue weighted by atomic mass is 16.4. The molecule has 7 N–H and O–H groups in total. The Balaban J connectivity index is 5.27. The molecule has 180 valence electrons. The van der Waals surface area contributed by atoms with Gasteiger partial charge < -0.3 is 31.9 Å². The summed E-state index contributed by atoms with van der Waals surface area (Å²) in [6.45, 7) is 10.4. The zero-order valence-electron chi connectivity index (χ0n) is 19.5. The van der Waals surface area contributed by atoms with Crippen molar-refractivity contribution in [3.05, 3.63) is 0 Å². The smallest absolute Gasteiger partial charge is 0.326 e. The summed E-state index contributed by atoms with van der Waals surface area (Å²) in [6.07, 6.45) is 1.20. The summed E-state index contributed by atoms with van der Waals surface area (Å²) >= 11 is 0. The fraction of sp³-hybridized carbons (Fsp3) is 0.810. The largest absolute Gasteiger partial charge is 0.480 e. The first kappa shape index (κ1) is 28.8. The van der Waals surface area contributed by atoms with Crippen LogP contribution < -0.4 is 21.7 Å². The molecule has 0 aromatic rings. The quantitative estimate of drug-likeness (QED) is 0.219. The maximum absolute atomic E-state index is 12.8. The number of aliphatic carboxylic acids is 1. The van der Waals surface area contributed by atoms with Gasteiger partial charge in [-0.3, -0.25) is 14.4 Å². The second-order valence-corrected chi connectivity index (χ2v) is 8.87. The van der Waals surface area contributed by atoms with Gasteiger partial charge in [0.25, 0.3) is 0 Å². The number of aliphatic hydroxyl groups is 1. The van der Waals surface area contributed by atoms with Crippen LogP contribution in [0.4, 0.5) is 0 Å². The van der Waals surface area contributed by atoms with Crippen LogP contribution in [0.25, 0.3) is 0 Å². The molecule has 0 aliphatic heterocycles.